The average Bonchev–Trinajstić information content (AvgIpc) is 2.39. The van der Waals surface area contributed by atoms with Gasteiger partial charge in [-0.3, -0.25) is 0 Å². The molecule has 0 saturated carbocycles. The lowest BCUT2D eigenvalue weighted by molar-refractivity contribution is -0.159. The molecule has 0 aromatic heterocycles. The Kier molecular flexibility index (Phi) is 2.44. The Labute approximate surface area is 65.3 Å². The minimum absolute atomic E-state index is 0.383. The average molecular weight is 154 g/mol. The van der Waals surface area contributed by atoms with Crippen molar-refractivity contribution < 1.29 is 14.3 Å². The van der Waals surface area contributed by atoms with Crippen LogP contribution in [0.5, 0.6) is 0 Å². The van der Waals surface area contributed by atoms with Gasteiger partial charge in [-0.05, 0) is 13.0 Å². The zero-order valence-corrected chi connectivity index (χ0v) is 6.37. The first-order valence-corrected chi connectivity index (χ1v) is 3.35. The Balaban J connectivity index is 2.36. The molecule has 60 valence electrons. The van der Waals surface area contributed by atoms with E-state index in [0.717, 1.165) is 0 Å². The molecule has 0 aliphatic carbocycles. The van der Waals surface area contributed by atoms with E-state index < -0.39 is 12.3 Å². The number of carbonyl (C=O) groups is 1. The van der Waals surface area contributed by atoms with Crippen molar-refractivity contribution in [1.82, 2.24) is 0 Å². The summed E-state index contributed by atoms with van der Waals surface area (Å²) in [6, 6.07) is 0. The standard InChI is InChI=1S/C8H10O3/c1-6(2)8(9)11-7-4-3-5-10-7/h3-4,7H,1,5H2,2H3. The van der Waals surface area contributed by atoms with E-state index in [-0.39, 0.29) is 0 Å². The van der Waals surface area contributed by atoms with Gasteiger partial charge in [0.1, 0.15) is 0 Å². The molecule has 1 rings (SSSR count). The smallest absolute Gasteiger partial charge is 0.335 e. The van der Waals surface area contributed by atoms with Gasteiger partial charge in [0, 0.05) is 5.57 Å². The summed E-state index contributed by atoms with van der Waals surface area (Å²) < 4.78 is 9.80. The van der Waals surface area contributed by atoms with Gasteiger partial charge in [0.25, 0.3) is 0 Å². The summed E-state index contributed by atoms with van der Waals surface area (Å²) in [4.78, 5) is 10.9. The summed E-state index contributed by atoms with van der Waals surface area (Å²) in [5, 5.41) is 0. The Hall–Kier alpha value is -1.09. The van der Waals surface area contributed by atoms with Crippen molar-refractivity contribution >= 4 is 5.97 Å². The maximum atomic E-state index is 10.9. The first-order chi connectivity index (χ1) is 5.20. The summed E-state index contributed by atoms with van der Waals surface area (Å²) in [7, 11) is 0. The van der Waals surface area contributed by atoms with Crippen LogP contribution >= 0.6 is 0 Å². The molecule has 11 heavy (non-hydrogen) atoms. The maximum absolute atomic E-state index is 10.9. The molecular formula is C8H10O3. The van der Waals surface area contributed by atoms with Gasteiger partial charge < -0.3 is 9.47 Å². The largest absolute Gasteiger partial charge is 0.429 e. The van der Waals surface area contributed by atoms with Gasteiger partial charge in [0.2, 0.25) is 6.29 Å². The fraction of sp³-hybridized carbons (Fsp3) is 0.375. The van der Waals surface area contributed by atoms with E-state index in [1.54, 1.807) is 19.1 Å². The number of ether oxygens (including phenoxy) is 2. The SMILES string of the molecule is C=C(C)C(=O)OC1C=CCO1. The van der Waals surface area contributed by atoms with Crippen molar-refractivity contribution in [2.45, 2.75) is 13.2 Å². The minimum Gasteiger partial charge on any atom is -0.429 e. The normalized spacial score (nSPS) is 21.7. The quantitative estimate of drug-likeness (QED) is 0.338. The summed E-state index contributed by atoms with van der Waals surface area (Å²) in [6.07, 6.45) is 2.98. The fourth-order valence-electron chi connectivity index (χ4n) is 0.652. The van der Waals surface area contributed by atoms with Crippen molar-refractivity contribution in [2.24, 2.45) is 0 Å². The molecule has 0 fully saturated rings. The monoisotopic (exact) mass is 154 g/mol. The molecule has 0 radical (unpaired) electrons. The fourth-order valence-corrected chi connectivity index (χ4v) is 0.652. The molecule has 0 bridgehead atoms. The molecule has 1 aliphatic rings. The summed E-state index contributed by atoms with van der Waals surface area (Å²) in [6.45, 7) is 5.55. The molecular weight excluding hydrogens is 144 g/mol. The number of esters is 1. The van der Waals surface area contributed by atoms with E-state index in [9.17, 15) is 4.79 Å². The van der Waals surface area contributed by atoms with Crippen LogP contribution < -0.4 is 0 Å². The van der Waals surface area contributed by atoms with Gasteiger partial charge in [-0.1, -0.05) is 12.7 Å². The predicted molar refractivity (Wildman–Crippen MR) is 39.8 cm³/mol. The highest BCUT2D eigenvalue weighted by Crippen LogP contribution is 2.06. The summed E-state index contributed by atoms with van der Waals surface area (Å²) in [5.41, 5.74) is 0.383. The molecule has 1 atom stereocenters. The Morgan fingerprint density at radius 3 is 3.00 bits per heavy atom. The third-order valence-electron chi connectivity index (χ3n) is 1.22. The first kappa shape index (κ1) is 8.01. The molecule has 1 unspecified atom stereocenters. The Bertz CT molecular complexity index is 205. The van der Waals surface area contributed by atoms with Gasteiger partial charge in [0.05, 0.1) is 6.61 Å². The van der Waals surface area contributed by atoms with Crippen LogP contribution in [0.2, 0.25) is 0 Å². The molecule has 0 spiro atoms. The first-order valence-electron chi connectivity index (χ1n) is 3.35. The van der Waals surface area contributed by atoms with E-state index in [2.05, 4.69) is 6.58 Å². The lowest BCUT2D eigenvalue weighted by Crippen LogP contribution is -2.16. The molecule has 3 heteroatoms. The van der Waals surface area contributed by atoms with E-state index in [4.69, 9.17) is 9.47 Å². The van der Waals surface area contributed by atoms with E-state index in [0.29, 0.717) is 12.2 Å². The van der Waals surface area contributed by atoms with Crippen LogP contribution in [0.4, 0.5) is 0 Å². The van der Waals surface area contributed by atoms with Gasteiger partial charge in [-0.2, -0.15) is 0 Å². The molecule has 0 aromatic carbocycles. The molecule has 0 aromatic rings. The van der Waals surface area contributed by atoms with Crippen LogP contribution in [0.15, 0.2) is 24.3 Å². The van der Waals surface area contributed by atoms with Crippen molar-refractivity contribution in [2.75, 3.05) is 6.61 Å². The molecule has 0 saturated heterocycles. The highest BCUT2D eigenvalue weighted by atomic mass is 16.7. The van der Waals surface area contributed by atoms with Gasteiger partial charge in [-0.25, -0.2) is 4.79 Å². The lowest BCUT2D eigenvalue weighted by Gasteiger charge is -2.08. The summed E-state index contributed by atoms with van der Waals surface area (Å²) >= 11 is 0. The second-order valence-corrected chi connectivity index (χ2v) is 2.32. The van der Waals surface area contributed by atoms with Crippen molar-refractivity contribution in [3.05, 3.63) is 24.3 Å². The topological polar surface area (TPSA) is 35.5 Å². The number of carbonyl (C=O) groups excluding carboxylic acids is 1. The maximum Gasteiger partial charge on any atom is 0.335 e. The van der Waals surface area contributed by atoms with Gasteiger partial charge in [0.15, 0.2) is 0 Å². The molecule has 3 nitrogen and oxygen atoms in total. The number of hydrogen-bond donors (Lipinski definition) is 0. The van der Waals surface area contributed by atoms with E-state index in [1.807, 2.05) is 0 Å². The van der Waals surface area contributed by atoms with Crippen LogP contribution in [0.1, 0.15) is 6.92 Å². The van der Waals surface area contributed by atoms with Crippen LogP contribution in [-0.4, -0.2) is 18.9 Å². The van der Waals surface area contributed by atoms with E-state index >= 15 is 0 Å². The Morgan fingerprint density at radius 2 is 2.55 bits per heavy atom. The predicted octanol–water partition coefficient (Wildman–Crippen LogP) is 1.02. The third-order valence-corrected chi connectivity index (χ3v) is 1.22. The number of rotatable bonds is 2. The third kappa shape index (κ3) is 2.20. The second-order valence-electron chi connectivity index (χ2n) is 2.32. The van der Waals surface area contributed by atoms with Crippen LogP contribution in [0.25, 0.3) is 0 Å². The Morgan fingerprint density at radius 1 is 1.82 bits per heavy atom. The second kappa shape index (κ2) is 3.34. The van der Waals surface area contributed by atoms with Crippen molar-refractivity contribution in [3.8, 4) is 0 Å². The van der Waals surface area contributed by atoms with Gasteiger partial charge >= 0.3 is 5.97 Å². The minimum atomic E-state index is -0.515. The molecule has 0 amide bonds. The van der Waals surface area contributed by atoms with Crippen molar-refractivity contribution in [1.29, 1.82) is 0 Å². The van der Waals surface area contributed by atoms with E-state index in [1.165, 1.54) is 0 Å². The highest BCUT2D eigenvalue weighted by Gasteiger charge is 2.14. The molecule has 1 heterocycles. The summed E-state index contributed by atoms with van der Waals surface area (Å²) in [5.74, 6) is -0.415. The molecule has 1 aliphatic heterocycles. The zero-order valence-electron chi connectivity index (χ0n) is 6.37. The van der Waals surface area contributed by atoms with Gasteiger partial charge in [-0.15, -0.1) is 0 Å². The lowest BCUT2D eigenvalue weighted by atomic mass is 10.4. The van der Waals surface area contributed by atoms with Crippen molar-refractivity contribution in [3.63, 3.8) is 0 Å². The van der Waals surface area contributed by atoms with Crippen LogP contribution in [-0.2, 0) is 14.3 Å². The zero-order chi connectivity index (χ0) is 8.27. The highest BCUT2D eigenvalue weighted by molar-refractivity contribution is 5.87. The number of hydrogen-bond acceptors (Lipinski definition) is 3. The molecule has 0 N–H and O–H groups in total. The van der Waals surface area contributed by atoms with Crippen LogP contribution in [0, 0.1) is 0 Å². The van der Waals surface area contributed by atoms with Crippen LogP contribution in [0.3, 0.4) is 0 Å².